The molecule has 1 heterocycles. The van der Waals surface area contributed by atoms with Crippen LogP contribution in [0, 0.1) is 0 Å². The Kier molecular flexibility index (Phi) is 6.84. The Hall–Kier alpha value is -2.31. The van der Waals surface area contributed by atoms with Crippen LogP contribution in [0.1, 0.15) is 0 Å². The molecule has 0 saturated carbocycles. The topological polar surface area (TPSA) is 131 Å². The lowest BCUT2D eigenvalue weighted by Crippen LogP contribution is -2.04. The summed E-state index contributed by atoms with van der Waals surface area (Å²) in [6.07, 6.45) is 1.06. The number of aromatic hydroxyl groups is 1. The van der Waals surface area contributed by atoms with E-state index in [0.717, 1.165) is 17.0 Å². The number of primary amides is 1. The minimum atomic E-state index is -0.481. The zero-order valence-electron chi connectivity index (χ0n) is 9.26. The van der Waals surface area contributed by atoms with Crippen LogP contribution in [0.3, 0.4) is 0 Å². The van der Waals surface area contributed by atoms with Gasteiger partial charge in [-0.25, -0.2) is 0 Å². The quantitative estimate of drug-likeness (QED) is 0.277. The molecular weight excluding hydrogens is 220 g/mol. The second-order valence-electron chi connectivity index (χ2n) is 2.85. The van der Waals surface area contributed by atoms with Gasteiger partial charge in [0.15, 0.2) is 5.88 Å². The molecule has 6 heteroatoms. The third-order valence-electron chi connectivity index (χ3n) is 1.72. The highest BCUT2D eigenvalue weighted by atomic mass is 16.3. The van der Waals surface area contributed by atoms with Crippen molar-refractivity contribution in [3.05, 3.63) is 43.0 Å². The Morgan fingerprint density at radius 1 is 1.35 bits per heavy atom. The number of carbonyl (C=O) groups is 1. The van der Waals surface area contributed by atoms with Gasteiger partial charge in [0.2, 0.25) is 5.91 Å². The van der Waals surface area contributed by atoms with Crippen LogP contribution in [0.5, 0.6) is 5.88 Å². The second kappa shape index (κ2) is 7.91. The summed E-state index contributed by atoms with van der Waals surface area (Å²) in [5, 5.41) is 10.0. The van der Waals surface area contributed by atoms with Gasteiger partial charge in [-0.2, -0.15) is 0 Å². The summed E-state index contributed by atoms with van der Waals surface area (Å²) in [6, 6.07) is 9.45. The number of H-pyrrole nitrogens is 1. The van der Waals surface area contributed by atoms with Crippen molar-refractivity contribution in [1.29, 1.82) is 0 Å². The van der Waals surface area contributed by atoms with E-state index in [1.807, 2.05) is 24.3 Å². The Morgan fingerprint density at radius 3 is 2.35 bits per heavy atom. The molecule has 2 aromatic rings. The SMILES string of the molecule is C=CC(N)=O.NN.Oc1cc2ccccc2[nH]1. The molecule has 0 radical (unpaired) electrons. The number of nitrogens with one attached hydrogen (secondary N) is 1. The predicted molar refractivity (Wildman–Crippen MR) is 67.7 cm³/mol. The summed E-state index contributed by atoms with van der Waals surface area (Å²) in [5.41, 5.74) is 5.51. The van der Waals surface area contributed by atoms with Crippen molar-refractivity contribution in [3.8, 4) is 5.88 Å². The number of fused-ring (bicyclic) bond motifs is 1. The molecule has 0 atom stereocenters. The fraction of sp³-hybridized carbons (Fsp3) is 0. The molecule has 6 nitrogen and oxygen atoms in total. The highest BCUT2D eigenvalue weighted by Gasteiger charge is 1.94. The van der Waals surface area contributed by atoms with E-state index in [-0.39, 0.29) is 5.88 Å². The molecule has 0 fully saturated rings. The van der Waals surface area contributed by atoms with Crippen LogP contribution >= 0.6 is 0 Å². The number of nitrogens with two attached hydrogens (primary N) is 3. The molecule has 8 N–H and O–H groups in total. The smallest absolute Gasteiger partial charge is 0.240 e. The van der Waals surface area contributed by atoms with Crippen molar-refractivity contribution >= 4 is 16.8 Å². The number of amides is 1. The molecule has 1 aromatic carbocycles. The van der Waals surface area contributed by atoms with Crippen LogP contribution in [0.2, 0.25) is 0 Å². The van der Waals surface area contributed by atoms with Gasteiger partial charge in [-0.1, -0.05) is 24.8 Å². The van der Waals surface area contributed by atoms with Crippen molar-refractivity contribution in [1.82, 2.24) is 4.98 Å². The minimum Gasteiger partial charge on any atom is -0.495 e. The number of hydrogen-bond donors (Lipinski definition) is 5. The Bertz CT molecular complexity index is 446. The van der Waals surface area contributed by atoms with E-state index in [1.54, 1.807) is 6.07 Å². The van der Waals surface area contributed by atoms with Crippen LogP contribution in [-0.2, 0) is 4.79 Å². The number of hydrazine groups is 1. The number of aromatic nitrogens is 1. The number of carbonyl (C=O) groups excluding carboxylic acids is 1. The van der Waals surface area contributed by atoms with Gasteiger partial charge in [0, 0.05) is 17.0 Å². The van der Waals surface area contributed by atoms with Gasteiger partial charge in [0.25, 0.3) is 0 Å². The van der Waals surface area contributed by atoms with Crippen molar-refractivity contribution < 1.29 is 9.90 Å². The van der Waals surface area contributed by atoms with Crippen molar-refractivity contribution in [2.45, 2.75) is 0 Å². The summed E-state index contributed by atoms with van der Waals surface area (Å²) < 4.78 is 0. The summed E-state index contributed by atoms with van der Waals surface area (Å²) in [6.45, 7) is 3.09. The van der Waals surface area contributed by atoms with E-state index >= 15 is 0 Å². The number of benzene rings is 1. The van der Waals surface area contributed by atoms with Gasteiger partial charge >= 0.3 is 0 Å². The Labute approximate surface area is 98.7 Å². The summed E-state index contributed by atoms with van der Waals surface area (Å²) in [5.74, 6) is 7.74. The van der Waals surface area contributed by atoms with Crippen molar-refractivity contribution in [3.63, 3.8) is 0 Å². The van der Waals surface area contributed by atoms with Gasteiger partial charge in [-0.15, -0.1) is 0 Å². The van der Waals surface area contributed by atoms with E-state index < -0.39 is 5.91 Å². The van der Waals surface area contributed by atoms with Gasteiger partial charge < -0.3 is 15.8 Å². The number of aromatic amines is 1. The largest absolute Gasteiger partial charge is 0.495 e. The van der Waals surface area contributed by atoms with Crippen molar-refractivity contribution in [2.24, 2.45) is 17.4 Å². The van der Waals surface area contributed by atoms with E-state index in [2.05, 4.69) is 29.0 Å². The monoisotopic (exact) mass is 236 g/mol. The average molecular weight is 236 g/mol. The van der Waals surface area contributed by atoms with Crippen LogP contribution in [0.15, 0.2) is 43.0 Å². The molecule has 0 aliphatic carbocycles. The third kappa shape index (κ3) is 5.36. The van der Waals surface area contributed by atoms with Crippen molar-refractivity contribution in [2.75, 3.05) is 0 Å². The normalized spacial score (nSPS) is 8.35. The van der Waals surface area contributed by atoms with Crippen LogP contribution in [-0.4, -0.2) is 16.0 Å². The molecule has 1 aromatic heterocycles. The lowest BCUT2D eigenvalue weighted by atomic mass is 10.3. The molecule has 2 rings (SSSR count). The van der Waals surface area contributed by atoms with Gasteiger partial charge in [-0.3, -0.25) is 16.5 Å². The second-order valence-corrected chi connectivity index (χ2v) is 2.85. The zero-order chi connectivity index (χ0) is 13.3. The predicted octanol–water partition coefficient (Wildman–Crippen LogP) is 0.350. The van der Waals surface area contributed by atoms with Crippen LogP contribution in [0.4, 0.5) is 0 Å². The fourth-order valence-electron chi connectivity index (χ4n) is 1.06. The zero-order valence-corrected chi connectivity index (χ0v) is 9.26. The number of hydrogen-bond acceptors (Lipinski definition) is 4. The first-order chi connectivity index (χ1) is 8.13. The minimum absolute atomic E-state index is 0.223. The molecule has 0 aliphatic heterocycles. The lowest BCUT2D eigenvalue weighted by molar-refractivity contribution is -0.113. The molecule has 0 aliphatic rings. The van der Waals surface area contributed by atoms with E-state index in [1.165, 1.54) is 0 Å². The first-order valence-corrected chi connectivity index (χ1v) is 4.65. The summed E-state index contributed by atoms with van der Waals surface area (Å²) in [4.78, 5) is 12.3. The van der Waals surface area contributed by atoms with Crippen LogP contribution in [0.25, 0.3) is 10.9 Å². The third-order valence-corrected chi connectivity index (χ3v) is 1.72. The summed E-state index contributed by atoms with van der Waals surface area (Å²) >= 11 is 0. The maximum Gasteiger partial charge on any atom is 0.240 e. The molecule has 1 amide bonds. The average Bonchev–Trinajstić information content (AvgIpc) is 2.72. The highest BCUT2D eigenvalue weighted by molar-refractivity contribution is 5.85. The van der Waals surface area contributed by atoms with Gasteiger partial charge in [0.1, 0.15) is 0 Å². The van der Waals surface area contributed by atoms with E-state index in [4.69, 9.17) is 5.11 Å². The maximum absolute atomic E-state index is 9.47. The number of rotatable bonds is 1. The van der Waals surface area contributed by atoms with E-state index in [0.29, 0.717) is 0 Å². The highest BCUT2D eigenvalue weighted by Crippen LogP contribution is 2.17. The molecule has 0 saturated heterocycles. The molecular formula is C11H16N4O2. The Balaban J connectivity index is 0.000000315. The van der Waals surface area contributed by atoms with Gasteiger partial charge in [0.05, 0.1) is 0 Å². The van der Waals surface area contributed by atoms with Crippen LogP contribution < -0.4 is 17.4 Å². The molecule has 92 valence electrons. The fourth-order valence-corrected chi connectivity index (χ4v) is 1.06. The van der Waals surface area contributed by atoms with Gasteiger partial charge in [-0.05, 0) is 12.1 Å². The standard InChI is InChI=1S/C8H7NO.C3H5NO.H4N2/c10-8-5-6-3-1-2-4-7(6)9-8;1-2-3(4)5;1-2/h1-5,9-10H;2H,1H2,(H2,4,5);1-2H2. The molecule has 0 spiro atoms. The summed E-state index contributed by atoms with van der Waals surface area (Å²) in [7, 11) is 0. The first kappa shape index (κ1) is 14.7. The molecule has 0 unspecified atom stereocenters. The molecule has 0 bridgehead atoms. The lowest BCUT2D eigenvalue weighted by Gasteiger charge is -1.83. The first-order valence-electron chi connectivity index (χ1n) is 4.65. The number of para-hydroxylation sites is 1. The van der Waals surface area contributed by atoms with E-state index in [9.17, 15) is 4.79 Å². The maximum atomic E-state index is 9.47. The molecule has 17 heavy (non-hydrogen) atoms. The Morgan fingerprint density at radius 2 is 1.88 bits per heavy atom.